The van der Waals surface area contributed by atoms with Gasteiger partial charge in [0.2, 0.25) is 11.7 Å². The van der Waals surface area contributed by atoms with Crippen molar-refractivity contribution in [2.75, 3.05) is 5.32 Å². The predicted octanol–water partition coefficient (Wildman–Crippen LogP) is 3.17. The van der Waals surface area contributed by atoms with Gasteiger partial charge in [0.05, 0.1) is 0 Å². The minimum Gasteiger partial charge on any atom is -0.326 e. The Morgan fingerprint density at radius 3 is 2.57 bits per heavy atom. The Kier molecular flexibility index (Phi) is 4.20. The molecule has 3 rings (SSSR count). The first-order valence-corrected chi connectivity index (χ1v) is 7.40. The number of amides is 1. The van der Waals surface area contributed by atoms with Gasteiger partial charge in [0.15, 0.2) is 5.65 Å². The Hall–Kier alpha value is -2.55. The second kappa shape index (κ2) is 6.29. The first-order chi connectivity index (χ1) is 11.0. The summed E-state index contributed by atoms with van der Waals surface area (Å²) in [7, 11) is 0. The van der Waals surface area contributed by atoms with Crippen LogP contribution in [-0.4, -0.2) is 25.7 Å². The van der Waals surface area contributed by atoms with Crippen molar-refractivity contribution in [3.05, 3.63) is 42.2 Å². The minimum absolute atomic E-state index is 0.148. The van der Waals surface area contributed by atoms with Gasteiger partial charge in [-0.15, -0.1) is 10.2 Å². The van der Waals surface area contributed by atoms with Crippen LogP contribution >= 0.6 is 11.8 Å². The molecule has 0 bridgehead atoms. The number of rotatable bonds is 4. The second-order valence-corrected chi connectivity index (χ2v) is 5.70. The van der Waals surface area contributed by atoms with E-state index in [0.717, 1.165) is 9.41 Å². The zero-order valence-corrected chi connectivity index (χ0v) is 12.7. The van der Waals surface area contributed by atoms with Crippen molar-refractivity contribution in [3.63, 3.8) is 0 Å². The molecule has 1 N–H and O–H groups in total. The van der Waals surface area contributed by atoms with Gasteiger partial charge < -0.3 is 5.32 Å². The molecule has 23 heavy (non-hydrogen) atoms. The summed E-state index contributed by atoms with van der Waals surface area (Å²) in [5.41, 5.74) is 0.953. The van der Waals surface area contributed by atoms with E-state index >= 15 is 0 Å². The monoisotopic (exact) mass is 335 g/mol. The number of anilines is 1. The van der Waals surface area contributed by atoms with Crippen LogP contribution in [0.15, 0.2) is 46.3 Å². The number of hydrogen-bond acceptors (Lipinski definition) is 5. The van der Waals surface area contributed by atoms with Crippen LogP contribution in [-0.2, 0) is 4.79 Å². The van der Waals surface area contributed by atoms with Crippen LogP contribution in [0.4, 0.5) is 14.5 Å². The molecule has 1 amide bonds. The lowest BCUT2D eigenvalue weighted by Gasteiger charge is -2.05. The highest BCUT2D eigenvalue weighted by Crippen LogP contribution is 2.27. The summed E-state index contributed by atoms with van der Waals surface area (Å²) in [5, 5.41) is 14.4. The molecule has 0 spiro atoms. The molecular weight excluding hydrogens is 324 g/mol. The van der Waals surface area contributed by atoms with Crippen LogP contribution in [0.1, 0.15) is 19.2 Å². The summed E-state index contributed by atoms with van der Waals surface area (Å²) in [4.78, 5) is 11.8. The third-order valence-corrected chi connectivity index (χ3v) is 3.79. The fourth-order valence-electron chi connectivity index (χ4n) is 1.91. The van der Waals surface area contributed by atoms with E-state index in [9.17, 15) is 13.6 Å². The molecule has 1 aromatic carbocycles. The van der Waals surface area contributed by atoms with E-state index in [4.69, 9.17) is 0 Å². The summed E-state index contributed by atoms with van der Waals surface area (Å²) < 4.78 is 26.7. The molecule has 118 valence electrons. The fraction of sp³-hybridized carbons (Fsp3) is 0.143. The van der Waals surface area contributed by atoms with E-state index in [1.807, 2.05) is 12.1 Å². The van der Waals surface area contributed by atoms with Crippen LogP contribution in [0.5, 0.6) is 0 Å². The molecule has 0 fully saturated rings. The molecule has 0 atom stereocenters. The van der Waals surface area contributed by atoms with Gasteiger partial charge in [0, 0.05) is 17.5 Å². The number of carbonyl (C=O) groups is 1. The summed E-state index contributed by atoms with van der Waals surface area (Å²) >= 11 is 1.31. The highest BCUT2D eigenvalue weighted by Gasteiger charge is 2.17. The smallest absolute Gasteiger partial charge is 0.299 e. The first kappa shape index (κ1) is 15.3. The number of carbonyl (C=O) groups excluding carboxylic acids is 1. The molecule has 2 heterocycles. The van der Waals surface area contributed by atoms with Gasteiger partial charge in [-0.2, -0.15) is 9.61 Å². The van der Waals surface area contributed by atoms with Gasteiger partial charge in [-0.05, 0) is 36.4 Å². The summed E-state index contributed by atoms with van der Waals surface area (Å²) in [6.07, 6.45) is -2.74. The van der Waals surface area contributed by atoms with Crippen molar-refractivity contribution in [1.29, 1.82) is 0 Å². The van der Waals surface area contributed by atoms with Gasteiger partial charge in [-0.1, -0.05) is 11.8 Å². The van der Waals surface area contributed by atoms with Gasteiger partial charge >= 0.3 is 0 Å². The molecule has 0 aliphatic carbocycles. The molecule has 0 radical (unpaired) electrons. The average Bonchev–Trinajstić information content (AvgIpc) is 2.92. The lowest BCUT2D eigenvalue weighted by molar-refractivity contribution is -0.114. The van der Waals surface area contributed by atoms with E-state index < -0.39 is 12.2 Å². The highest BCUT2D eigenvalue weighted by molar-refractivity contribution is 7.99. The van der Waals surface area contributed by atoms with Crippen LogP contribution in [0.2, 0.25) is 0 Å². The number of aromatic nitrogens is 4. The maximum absolute atomic E-state index is 12.8. The normalized spacial score (nSPS) is 11.1. The van der Waals surface area contributed by atoms with Gasteiger partial charge in [0.1, 0.15) is 5.03 Å². The predicted molar refractivity (Wildman–Crippen MR) is 80.6 cm³/mol. The van der Waals surface area contributed by atoms with Gasteiger partial charge in [0.25, 0.3) is 6.43 Å². The van der Waals surface area contributed by atoms with E-state index in [0.29, 0.717) is 10.7 Å². The number of hydrogen-bond donors (Lipinski definition) is 1. The van der Waals surface area contributed by atoms with E-state index in [1.165, 1.54) is 18.7 Å². The fourth-order valence-corrected chi connectivity index (χ4v) is 2.68. The van der Waals surface area contributed by atoms with Crippen molar-refractivity contribution in [3.8, 4) is 0 Å². The Morgan fingerprint density at radius 1 is 1.17 bits per heavy atom. The summed E-state index contributed by atoms with van der Waals surface area (Å²) in [6.45, 7) is 1.43. The number of nitrogens with one attached hydrogen (secondary N) is 1. The molecular formula is C14H11F2N5OS. The largest absolute Gasteiger partial charge is 0.326 e. The van der Waals surface area contributed by atoms with E-state index in [1.54, 1.807) is 24.3 Å². The van der Waals surface area contributed by atoms with Crippen LogP contribution in [0.3, 0.4) is 0 Å². The zero-order chi connectivity index (χ0) is 16.4. The van der Waals surface area contributed by atoms with Crippen molar-refractivity contribution in [2.45, 2.75) is 23.3 Å². The van der Waals surface area contributed by atoms with Crippen molar-refractivity contribution >= 4 is 29.0 Å². The number of alkyl halides is 2. The van der Waals surface area contributed by atoms with Crippen LogP contribution in [0, 0.1) is 0 Å². The second-order valence-electron chi connectivity index (χ2n) is 4.61. The number of fused-ring (bicyclic) bond motifs is 1. The van der Waals surface area contributed by atoms with Gasteiger partial charge in [-0.25, -0.2) is 8.78 Å². The molecule has 6 nitrogen and oxygen atoms in total. The molecule has 0 saturated carbocycles. The molecule has 0 saturated heterocycles. The molecule has 3 aromatic rings. The van der Waals surface area contributed by atoms with Crippen molar-refractivity contribution in [2.24, 2.45) is 0 Å². The third-order valence-electron chi connectivity index (χ3n) is 2.85. The molecule has 0 aliphatic heterocycles. The van der Waals surface area contributed by atoms with Gasteiger partial charge in [-0.3, -0.25) is 4.79 Å². The lowest BCUT2D eigenvalue weighted by Crippen LogP contribution is -2.05. The quantitative estimate of drug-likeness (QED) is 0.793. The SMILES string of the molecule is CC(=O)Nc1ccc(Sc2ccc3nnc(C(F)F)n3n2)cc1. The Balaban J connectivity index is 1.83. The zero-order valence-electron chi connectivity index (χ0n) is 11.9. The molecule has 0 unspecified atom stereocenters. The molecule has 2 aromatic heterocycles. The number of benzene rings is 1. The Morgan fingerprint density at radius 2 is 1.91 bits per heavy atom. The number of nitrogens with zero attached hydrogens (tertiary/aromatic N) is 4. The van der Waals surface area contributed by atoms with E-state index in [-0.39, 0.29) is 11.6 Å². The maximum Gasteiger partial charge on any atom is 0.299 e. The first-order valence-electron chi connectivity index (χ1n) is 6.59. The van der Waals surface area contributed by atoms with Crippen molar-refractivity contribution < 1.29 is 13.6 Å². The summed E-state index contributed by atoms with van der Waals surface area (Å²) in [5.74, 6) is -0.631. The average molecular weight is 335 g/mol. The minimum atomic E-state index is -2.74. The topological polar surface area (TPSA) is 72.2 Å². The van der Waals surface area contributed by atoms with Crippen LogP contribution < -0.4 is 5.32 Å². The Labute approximate surface area is 133 Å². The Bertz CT molecular complexity index is 850. The van der Waals surface area contributed by atoms with Crippen molar-refractivity contribution in [1.82, 2.24) is 19.8 Å². The molecule has 9 heteroatoms. The standard InChI is InChI=1S/C14H11F2N5OS/c1-8(22)17-9-2-4-10(5-3-9)23-12-7-6-11-18-19-14(13(15)16)21(11)20-12/h2-7,13H,1H3,(H,17,22). The summed E-state index contributed by atoms with van der Waals surface area (Å²) in [6, 6.07) is 10.4. The maximum atomic E-state index is 12.8. The lowest BCUT2D eigenvalue weighted by atomic mass is 10.3. The number of halogens is 2. The molecule has 0 aliphatic rings. The van der Waals surface area contributed by atoms with Crippen LogP contribution in [0.25, 0.3) is 5.65 Å². The van der Waals surface area contributed by atoms with E-state index in [2.05, 4.69) is 20.6 Å². The third kappa shape index (κ3) is 3.45. The highest BCUT2D eigenvalue weighted by atomic mass is 32.2.